The average molecular weight is 280 g/mol. The highest BCUT2D eigenvalue weighted by Crippen LogP contribution is 2.29. The quantitative estimate of drug-likeness (QED) is 0.921. The molecule has 2 bridgehead atoms. The standard InChI is InChI=1S/C14H20N2O2S/c1-15-11-2-3-12(15)9-16(6-4-11)8-10-5-7-19-13(10)14(17)18/h5,7,11-12H,2-4,6,8-9H2,1H3,(H,17,18). The van der Waals surface area contributed by atoms with E-state index in [1.54, 1.807) is 0 Å². The molecule has 0 amide bonds. The lowest BCUT2D eigenvalue weighted by atomic mass is 10.1. The maximum Gasteiger partial charge on any atom is 0.346 e. The summed E-state index contributed by atoms with van der Waals surface area (Å²) in [5.41, 5.74) is 0.970. The van der Waals surface area contributed by atoms with Crippen LogP contribution < -0.4 is 0 Å². The van der Waals surface area contributed by atoms with E-state index in [1.807, 2.05) is 11.4 Å². The Bertz CT molecular complexity index is 474. The van der Waals surface area contributed by atoms with Crippen LogP contribution in [0.1, 0.15) is 34.5 Å². The van der Waals surface area contributed by atoms with Gasteiger partial charge in [-0.1, -0.05) is 0 Å². The van der Waals surface area contributed by atoms with E-state index >= 15 is 0 Å². The number of nitrogens with zero attached hydrogens (tertiary/aromatic N) is 2. The van der Waals surface area contributed by atoms with Crippen molar-refractivity contribution in [3.63, 3.8) is 0 Å². The zero-order valence-corrected chi connectivity index (χ0v) is 12.0. The van der Waals surface area contributed by atoms with Gasteiger partial charge in [-0.25, -0.2) is 4.79 Å². The minimum absolute atomic E-state index is 0.503. The molecule has 2 saturated heterocycles. The number of likely N-dealkylation sites (tertiary alicyclic amines) is 1. The van der Waals surface area contributed by atoms with Crippen LogP contribution in [-0.4, -0.2) is 53.1 Å². The van der Waals surface area contributed by atoms with Gasteiger partial charge >= 0.3 is 5.97 Å². The van der Waals surface area contributed by atoms with E-state index in [0.717, 1.165) is 31.2 Å². The van der Waals surface area contributed by atoms with E-state index in [4.69, 9.17) is 0 Å². The first kappa shape index (κ1) is 13.1. The van der Waals surface area contributed by atoms with Crippen LogP contribution >= 0.6 is 11.3 Å². The van der Waals surface area contributed by atoms with Crippen LogP contribution in [0.4, 0.5) is 0 Å². The third kappa shape index (κ3) is 2.55. The Kier molecular flexibility index (Phi) is 3.60. The fraction of sp³-hybridized carbons (Fsp3) is 0.643. The van der Waals surface area contributed by atoms with Crippen LogP contribution in [0.2, 0.25) is 0 Å². The predicted molar refractivity (Wildman–Crippen MR) is 75.7 cm³/mol. The van der Waals surface area contributed by atoms with Crippen molar-refractivity contribution in [3.8, 4) is 0 Å². The van der Waals surface area contributed by atoms with Crippen LogP contribution in [0.25, 0.3) is 0 Å². The van der Waals surface area contributed by atoms with Crippen LogP contribution in [0.15, 0.2) is 11.4 Å². The first-order valence-corrected chi connectivity index (χ1v) is 7.77. The van der Waals surface area contributed by atoms with Gasteiger partial charge in [0.1, 0.15) is 4.88 Å². The summed E-state index contributed by atoms with van der Waals surface area (Å²) in [5.74, 6) is -0.793. The summed E-state index contributed by atoms with van der Waals surface area (Å²) in [7, 11) is 2.24. The number of likely N-dealkylation sites (N-methyl/N-ethyl adjacent to an activating group) is 1. The maximum absolute atomic E-state index is 11.2. The highest BCUT2D eigenvalue weighted by Gasteiger charge is 2.34. The van der Waals surface area contributed by atoms with Gasteiger partial charge < -0.3 is 5.11 Å². The van der Waals surface area contributed by atoms with Crippen molar-refractivity contribution in [1.29, 1.82) is 0 Å². The number of carboxylic acids is 1. The topological polar surface area (TPSA) is 43.8 Å². The van der Waals surface area contributed by atoms with Gasteiger partial charge in [0.2, 0.25) is 0 Å². The molecule has 2 fully saturated rings. The predicted octanol–water partition coefficient (Wildman–Crippen LogP) is 2.11. The van der Waals surface area contributed by atoms with E-state index < -0.39 is 5.97 Å². The lowest BCUT2D eigenvalue weighted by Crippen LogP contribution is -2.36. The number of carbonyl (C=O) groups is 1. The van der Waals surface area contributed by atoms with Gasteiger partial charge in [-0.3, -0.25) is 9.80 Å². The normalized spacial score (nSPS) is 28.5. The highest BCUT2D eigenvalue weighted by atomic mass is 32.1. The Morgan fingerprint density at radius 2 is 2.21 bits per heavy atom. The number of rotatable bonds is 3. The molecule has 3 heterocycles. The summed E-state index contributed by atoms with van der Waals surface area (Å²) in [6.45, 7) is 2.94. The molecule has 1 N–H and O–H groups in total. The van der Waals surface area contributed by atoms with Gasteiger partial charge in [-0.05, 0) is 43.3 Å². The van der Waals surface area contributed by atoms with Crippen molar-refractivity contribution >= 4 is 17.3 Å². The molecule has 5 heteroatoms. The molecule has 1 aromatic heterocycles. The Labute approximate surface area is 117 Å². The highest BCUT2D eigenvalue weighted by molar-refractivity contribution is 7.12. The number of fused-ring (bicyclic) bond motifs is 2. The lowest BCUT2D eigenvalue weighted by molar-refractivity contribution is 0.0700. The third-order valence-electron chi connectivity index (χ3n) is 4.57. The summed E-state index contributed by atoms with van der Waals surface area (Å²) in [4.78, 5) is 16.6. The number of carboxylic acid groups (broad SMARTS) is 1. The molecule has 0 saturated carbocycles. The van der Waals surface area contributed by atoms with Crippen molar-refractivity contribution in [2.24, 2.45) is 0 Å². The number of thiophene rings is 1. The van der Waals surface area contributed by atoms with Gasteiger partial charge in [0.05, 0.1) is 0 Å². The van der Waals surface area contributed by atoms with Crippen molar-refractivity contribution in [2.45, 2.75) is 37.9 Å². The molecule has 0 aliphatic carbocycles. The molecule has 0 aromatic carbocycles. The maximum atomic E-state index is 11.2. The zero-order valence-electron chi connectivity index (χ0n) is 11.2. The monoisotopic (exact) mass is 280 g/mol. The lowest BCUT2D eigenvalue weighted by Gasteiger charge is -2.25. The third-order valence-corrected chi connectivity index (χ3v) is 5.51. The largest absolute Gasteiger partial charge is 0.477 e. The Morgan fingerprint density at radius 1 is 1.42 bits per heavy atom. The molecule has 19 heavy (non-hydrogen) atoms. The van der Waals surface area contributed by atoms with Crippen molar-refractivity contribution in [1.82, 2.24) is 9.80 Å². The minimum atomic E-state index is -0.793. The fourth-order valence-corrected chi connectivity index (χ4v) is 4.16. The van der Waals surface area contributed by atoms with Crippen molar-refractivity contribution in [2.75, 3.05) is 20.1 Å². The second-order valence-corrected chi connectivity index (χ2v) is 6.57. The second kappa shape index (κ2) is 5.23. The van der Waals surface area contributed by atoms with Gasteiger partial charge in [0.25, 0.3) is 0 Å². The van der Waals surface area contributed by atoms with Gasteiger partial charge in [0.15, 0.2) is 0 Å². The summed E-state index contributed by atoms with van der Waals surface area (Å²) < 4.78 is 0. The summed E-state index contributed by atoms with van der Waals surface area (Å²) in [5, 5.41) is 11.1. The Balaban J connectivity index is 1.70. The molecule has 2 unspecified atom stereocenters. The van der Waals surface area contributed by atoms with E-state index in [9.17, 15) is 9.90 Å². The van der Waals surface area contributed by atoms with Crippen LogP contribution in [0, 0.1) is 0 Å². The molecule has 104 valence electrons. The summed E-state index contributed by atoms with van der Waals surface area (Å²) in [6.07, 6.45) is 3.82. The molecule has 2 aliphatic heterocycles. The summed E-state index contributed by atoms with van der Waals surface area (Å²) in [6, 6.07) is 3.34. The van der Waals surface area contributed by atoms with Gasteiger partial charge in [-0.2, -0.15) is 0 Å². The van der Waals surface area contributed by atoms with Crippen LogP contribution in [0.3, 0.4) is 0 Å². The van der Waals surface area contributed by atoms with Gasteiger partial charge in [0, 0.05) is 31.7 Å². The molecule has 4 nitrogen and oxygen atoms in total. The molecule has 3 rings (SSSR count). The van der Waals surface area contributed by atoms with E-state index in [1.165, 1.54) is 30.6 Å². The molecular formula is C14H20N2O2S. The summed E-state index contributed by atoms with van der Waals surface area (Å²) >= 11 is 1.33. The SMILES string of the molecule is CN1C2CCC1CN(Cc1ccsc1C(=O)O)CC2. The number of aromatic carboxylic acids is 1. The van der Waals surface area contributed by atoms with Crippen molar-refractivity contribution < 1.29 is 9.90 Å². The minimum Gasteiger partial charge on any atom is -0.477 e. The number of hydrogen-bond acceptors (Lipinski definition) is 4. The second-order valence-electron chi connectivity index (χ2n) is 5.65. The van der Waals surface area contributed by atoms with Gasteiger partial charge in [-0.15, -0.1) is 11.3 Å². The van der Waals surface area contributed by atoms with E-state index in [0.29, 0.717) is 10.9 Å². The first-order valence-electron chi connectivity index (χ1n) is 6.89. The van der Waals surface area contributed by atoms with Crippen molar-refractivity contribution in [3.05, 3.63) is 21.9 Å². The van der Waals surface area contributed by atoms with Crippen LogP contribution in [0.5, 0.6) is 0 Å². The first-order chi connectivity index (χ1) is 9.15. The smallest absolute Gasteiger partial charge is 0.346 e. The van der Waals surface area contributed by atoms with E-state index in [-0.39, 0.29) is 0 Å². The zero-order chi connectivity index (χ0) is 13.4. The van der Waals surface area contributed by atoms with E-state index in [2.05, 4.69) is 16.8 Å². The molecule has 2 aliphatic rings. The van der Waals surface area contributed by atoms with Crippen LogP contribution in [-0.2, 0) is 6.54 Å². The molecule has 1 aromatic rings. The fourth-order valence-electron chi connectivity index (χ4n) is 3.41. The Morgan fingerprint density at radius 3 is 3.00 bits per heavy atom. The molecular weight excluding hydrogens is 260 g/mol. The molecule has 0 radical (unpaired) electrons. The molecule has 0 spiro atoms. The number of hydrogen-bond donors (Lipinski definition) is 1. The Hall–Kier alpha value is -0.910. The molecule has 2 atom stereocenters. The average Bonchev–Trinajstić information content (AvgIpc) is 2.89.